The molecule has 2 aromatic rings. The van der Waals surface area contributed by atoms with Crippen molar-refractivity contribution in [3.63, 3.8) is 0 Å². The molecule has 0 fully saturated rings. The van der Waals surface area contributed by atoms with Crippen LogP contribution in [0.1, 0.15) is 24.5 Å². The first-order chi connectivity index (χ1) is 9.24. The molecule has 0 unspecified atom stereocenters. The summed E-state index contributed by atoms with van der Waals surface area (Å²) >= 11 is 0. The van der Waals surface area contributed by atoms with Gasteiger partial charge in [-0.2, -0.15) is 0 Å². The van der Waals surface area contributed by atoms with E-state index in [2.05, 4.69) is 14.8 Å². The number of aromatic nitrogens is 3. The first-order valence-corrected chi connectivity index (χ1v) is 6.33. The van der Waals surface area contributed by atoms with E-state index in [9.17, 15) is 4.39 Å². The maximum atomic E-state index is 12.9. The average molecular weight is 262 g/mol. The fraction of sp³-hybridized carbons (Fsp3) is 0.385. The van der Waals surface area contributed by atoms with Crippen molar-refractivity contribution in [3.8, 4) is 5.75 Å². The number of hydrogen-bond donors (Lipinski definition) is 1. The zero-order valence-electron chi connectivity index (χ0n) is 10.5. The molecule has 0 radical (unpaired) electrons. The van der Waals surface area contributed by atoms with E-state index < -0.39 is 0 Å². The molecule has 0 amide bonds. The molecule has 3 rings (SSSR count). The number of aryl methyl sites for hydroxylation is 1. The molecule has 0 spiro atoms. The molecule has 1 aromatic carbocycles. The molecule has 100 valence electrons. The quantitative estimate of drug-likeness (QED) is 0.858. The summed E-state index contributed by atoms with van der Waals surface area (Å²) in [4.78, 5) is 0. The second-order valence-electron chi connectivity index (χ2n) is 4.61. The van der Waals surface area contributed by atoms with Crippen molar-refractivity contribution in [2.45, 2.75) is 32.4 Å². The van der Waals surface area contributed by atoms with E-state index in [-0.39, 0.29) is 5.82 Å². The van der Waals surface area contributed by atoms with Gasteiger partial charge < -0.3 is 15.0 Å². The highest BCUT2D eigenvalue weighted by molar-refractivity contribution is 5.52. The minimum absolute atomic E-state index is 0.290. The van der Waals surface area contributed by atoms with E-state index >= 15 is 0 Å². The van der Waals surface area contributed by atoms with Gasteiger partial charge in [-0.25, -0.2) is 4.39 Å². The van der Waals surface area contributed by atoms with Gasteiger partial charge in [0.2, 0.25) is 0 Å². The van der Waals surface area contributed by atoms with Crippen LogP contribution >= 0.6 is 0 Å². The van der Waals surface area contributed by atoms with E-state index in [1.54, 1.807) is 0 Å². The van der Waals surface area contributed by atoms with Gasteiger partial charge in [-0.1, -0.05) is 0 Å². The van der Waals surface area contributed by atoms with E-state index in [1.165, 1.54) is 18.2 Å². The number of hydrogen-bond acceptors (Lipinski definition) is 4. The lowest BCUT2D eigenvalue weighted by Crippen LogP contribution is -2.14. The van der Waals surface area contributed by atoms with E-state index in [0.29, 0.717) is 18.0 Å². The summed E-state index contributed by atoms with van der Waals surface area (Å²) < 4.78 is 20.6. The van der Waals surface area contributed by atoms with Crippen molar-refractivity contribution in [2.75, 3.05) is 5.73 Å². The first-order valence-electron chi connectivity index (χ1n) is 6.33. The molecular formula is C13H15FN4O. The highest BCUT2D eigenvalue weighted by Crippen LogP contribution is 2.23. The Bertz CT molecular complexity index is 596. The van der Waals surface area contributed by atoms with Crippen LogP contribution in [0.5, 0.6) is 5.75 Å². The summed E-state index contributed by atoms with van der Waals surface area (Å²) in [5.41, 5.74) is 5.98. The lowest BCUT2D eigenvalue weighted by Gasteiger charge is -2.15. The number of ether oxygens (including phenoxy) is 1. The third-order valence-corrected chi connectivity index (χ3v) is 3.26. The van der Waals surface area contributed by atoms with Crippen molar-refractivity contribution in [3.05, 3.63) is 35.7 Å². The number of anilines is 1. The van der Waals surface area contributed by atoms with Gasteiger partial charge in [0.25, 0.3) is 0 Å². The Morgan fingerprint density at radius 3 is 3.05 bits per heavy atom. The molecule has 1 aliphatic heterocycles. The molecule has 0 saturated carbocycles. The molecule has 1 aliphatic rings. The number of nitrogens with zero attached hydrogens (tertiary/aromatic N) is 3. The van der Waals surface area contributed by atoms with Crippen molar-refractivity contribution >= 4 is 5.69 Å². The van der Waals surface area contributed by atoms with Gasteiger partial charge in [0.1, 0.15) is 24.0 Å². The monoisotopic (exact) mass is 262 g/mol. The standard InChI is InChI=1S/C13H15FN4O/c14-9-4-5-11(10(15)7-9)19-8-13-17-16-12-3-1-2-6-18(12)13/h4-5,7H,1-3,6,8,15H2. The third-order valence-electron chi connectivity index (χ3n) is 3.26. The van der Waals surface area contributed by atoms with E-state index in [0.717, 1.165) is 37.5 Å². The van der Waals surface area contributed by atoms with Gasteiger partial charge in [0, 0.05) is 19.0 Å². The minimum Gasteiger partial charge on any atom is -0.483 e. The molecule has 5 nitrogen and oxygen atoms in total. The normalized spacial score (nSPS) is 14.2. The largest absolute Gasteiger partial charge is 0.483 e. The molecule has 0 bridgehead atoms. The zero-order valence-corrected chi connectivity index (χ0v) is 10.5. The Morgan fingerprint density at radius 1 is 1.32 bits per heavy atom. The molecular weight excluding hydrogens is 247 g/mol. The maximum Gasteiger partial charge on any atom is 0.171 e. The van der Waals surface area contributed by atoms with Crippen LogP contribution in [0.3, 0.4) is 0 Å². The molecule has 0 aliphatic carbocycles. The van der Waals surface area contributed by atoms with Crippen LogP contribution in [0.4, 0.5) is 10.1 Å². The molecule has 2 heterocycles. The molecule has 0 saturated heterocycles. The molecule has 19 heavy (non-hydrogen) atoms. The van der Waals surface area contributed by atoms with Crippen LogP contribution in [0.25, 0.3) is 0 Å². The Kier molecular flexibility index (Phi) is 3.06. The van der Waals surface area contributed by atoms with Gasteiger partial charge in [-0.05, 0) is 25.0 Å². The predicted molar refractivity (Wildman–Crippen MR) is 68.1 cm³/mol. The van der Waals surface area contributed by atoms with Crippen LogP contribution in [0, 0.1) is 5.82 Å². The molecule has 1 aromatic heterocycles. The van der Waals surface area contributed by atoms with Crippen LogP contribution in [-0.2, 0) is 19.6 Å². The van der Waals surface area contributed by atoms with Crippen molar-refractivity contribution in [2.24, 2.45) is 0 Å². The summed E-state index contributed by atoms with van der Waals surface area (Å²) in [6.07, 6.45) is 3.26. The van der Waals surface area contributed by atoms with Gasteiger partial charge in [-0.15, -0.1) is 10.2 Å². The Labute approximate surface area is 110 Å². The van der Waals surface area contributed by atoms with Crippen molar-refractivity contribution < 1.29 is 9.13 Å². The maximum absolute atomic E-state index is 12.9. The lowest BCUT2D eigenvalue weighted by molar-refractivity contribution is 0.287. The van der Waals surface area contributed by atoms with Crippen molar-refractivity contribution in [1.82, 2.24) is 14.8 Å². The summed E-state index contributed by atoms with van der Waals surface area (Å²) in [7, 11) is 0. The highest BCUT2D eigenvalue weighted by atomic mass is 19.1. The summed E-state index contributed by atoms with van der Waals surface area (Å²) in [5, 5.41) is 8.28. The average Bonchev–Trinajstić information content (AvgIpc) is 2.81. The fourth-order valence-electron chi connectivity index (χ4n) is 2.27. The number of halogens is 1. The SMILES string of the molecule is Nc1cc(F)ccc1OCc1nnc2n1CCCC2. The Morgan fingerprint density at radius 2 is 2.21 bits per heavy atom. The van der Waals surface area contributed by atoms with Crippen LogP contribution in [-0.4, -0.2) is 14.8 Å². The predicted octanol–water partition coefficient (Wildman–Crippen LogP) is 1.91. The highest BCUT2D eigenvalue weighted by Gasteiger charge is 2.16. The first kappa shape index (κ1) is 12.0. The number of benzene rings is 1. The fourth-order valence-corrected chi connectivity index (χ4v) is 2.27. The number of nitrogens with two attached hydrogens (primary N) is 1. The van der Waals surface area contributed by atoms with Crippen LogP contribution < -0.4 is 10.5 Å². The second kappa shape index (κ2) is 4.87. The van der Waals surface area contributed by atoms with E-state index in [1.807, 2.05) is 0 Å². The number of rotatable bonds is 3. The van der Waals surface area contributed by atoms with Crippen LogP contribution in [0.15, 0.2) is 18.2 Å². The van der Waals surface area contributed by atoms with E-state index in [4.69, 9.17) is 10.5 Å². The van der Waals surface area contributed by atoms with Gasteiger partial charge >= 0.3 is 0 Å². The lowest BCUT2D eigenvalue weighted by atomic mass is 10.2. The Balaban J connectivity index is 1.74. The van der Waals surface area contributed by atoms with Gasteiger partial charge in [0.15, 0.2) is 5.82 Å². The topological polar surface area (TPSA) is 66.0 Å². The van der Waals surface area contributed by atoms with Gasteiger partial charge in [-0.3, -0.25) is 0 Å². The number of nitrogen functional groups attached to an aromatic ring is 1. The van der Waals surface area contributed by atoms with Crippen LogP contribution in [0.2, 0.25) is 0 Å². The third kappa shape index (κ3) is 2.38. The molecule has 0 atom stereocenters. The zero-order chi connectivity index (χ0) is 13.2. The van der Waals surface area contributed by atoms with Gasteiger partial charge in [0.05, 0.1) is 5.69 Å². The Hall–Kier alpha value is -2.11. The molecule has 6 heteroatoms. The number of fused-ring (bicyclic) bond motifs is 1. The summed E-state index contributed by atoms with van der Waals surface area (Å²) in [6, 6.07) is 4.09. The minimum atomic E-state index is -0.371. The smallest absolute Gasteiger partial charge is 0.171 e. The summed E-state index contributed by atoms with van der Waals surface area (Å²) in [6.45, 7) is 1.22. The molecule has 2 N–H and O–H groups in total. The second-order valence-corrected chi connectivity index (χ2v) is 4.61. The summed E-state index contributed by atoms with van der Waals surface area (Å²) in [5.74, 6) is 1.90. The van der Waals surface area contributed by atoms with Crippen molar-refractivity contribution in [1.29, 1.82) is 0 Å².